The third-order valence-corrected chi connectivity index (χ3v) is 2.48. The summed E-state index contributed by atoms with van der Waals surface area (Å²) in [5, 5.41) is 8.84. The maximum absolute atomic E-state index is 8.84. The van der Waals surface area contributed by atoms with Gasteiger partial charge in [-0.15, -0.1) is 0 Å². The quantitative estimate of drug-likeness (QED) is 0.580. The number of nitrogens with zero attached hydrogens (tertiary/aromatic N) is 2. The number of hydrogen-bond donors (Lipinski definition) is 0. The Labute approximate surface area is 71.9 Å². The van der Waals surface area contributed by atoms with Gasteiger partial charge in [-0.2, -0.15) is 5.26 Å². The van der Waals surface area contributed by atoms with E-state index in [-0.39, 0.29) is 5.92 Å². The summed E-state index contributed by atoms with van der Waals surface area (Å²) in [5.41, 5.74) is 2.25. The van der Waals surface area contributed by atoms with Gasteiger partial charge in [0.15, 0.2) is 0 Å². The van der Waals surface area contributed by atoms with Crippen LogP contribution in [0.5, 0.6) is 0 Å². The molecule has 1 aliphatic carbocycles. The molecule has 0 amide bonds. The van der Waals surface area contributed by atoms with Crippen molar-refractivity contribution in [3.63, 3.8) is 0 Å². The van der Waals surface area contributed by atoms with Gasteiger partial charge in [0.1, 0.15) is 0 Å². The van der Waals surface area contributed by atoms with Gasteiger partial charge in [-0.05, 0) is 24.0 Å². The van der Waals surface area contributed by atoms with Crippen molar-refractivity contribution in [3.05, 3.63) is 29.6 Å². The van der Waals surface area contributed by atoms with E-state index in [9.17, 15) is 0 Å². The molecule has 0 unspecified atom stereocenters. The number of nitriles is 1. The predicted octanol–water partition coefficient (Wildman–Crippen LogP) is 2.20. The molecule has 60 valence electrons. The van der Waals surface area contributed by atoms with E-state index in [0.717, 1.165) is 12.1 Å². The van der Waals surface area contributed by atoms with Gasteiger partial charge in [0, 0.05) is 6.20 Å². The van der Waals surface area contributed by atoms with E-state index in [2.05, 4.69) is 24.0 Å². The van der Waals surface area contributed by atoms with E-state index in [4.69, 9.17) is 5.26 Å². The average molecular weight is 158 g/mol. The zero-order chi connectivity index (χ0) is 8.55. The second-order valence-corrected chi connectivity index (χ2v) is 3.30. The lowest BCUT2D eigenvalue weighted by Gasteiger charge is -2.00. The first kappa shape index (κ1) is 7.30. The Bertz CT molecular complexity index is 338. The van der Waals surface area contributed by atoms with Gasteiger partial charge in [-0.3, -0.25) is 4.98 Å². The maximum Gasteiger partial charge on any atom is 0.0893 e. The fourth-order valence-corrected chi connectivity index (χ4v) is 1.84. The number of aromatic nitrogens is 1. The van der Waals surface area contributed by atoms with Gasteiger partial charge < -0.3 is 0 Å². The highest BCUT2D eigenvalue weighted by atomic mass is 14.7. The summed E-state index contributed by atoms with van der Waals surface area (Å²) >= 11 is 0. The molecule has 1 heterocycles. The van der Waals surface area contributed by atoms with Crippen molar-refractivity contribution in [3.8, 4) is 6.07 Å². The summed E-state index contributed by atoms with van der Waals surface area (Å²) in [6.45, 7) is 2.15. The van der Waals surface area contributed by atoms with Crippen LogP contribution in [-0.4, -0.2) is 4.98 Å². The lowest BCUT2D eigenvalue weighted by Crippen LogP contribution is -1.91. The van der Waals surface area contributed by atoms with Crippen LogP contribution in [0.15, 0.2) is 18.3 Å². The van der Waals surface area contributed by atoms with Crippen LogP contribution in [0.25, 0.3) is 0 Å². The fourth-order valence-electron chi connectivity index (χ4n) is 1.84. The SMILES string of the molecule is C[C@@H]1C[C@H](C#N)c2ncccc21. The number of hydrogen-bond acceptors (Lipinski definition) is 2. The molecule has 12 heavy (non-hydrogen) atoms. The summed E-state index contributed by atoms with van der Waals surface area (Å²) in [7, 11) is 0. The third kappa shape index (κ3) is 0.902. The molecule has 2 heteroatoms. The molecule has 0 N–H and O–H groups in total. The van der Waals surface area contributed by atoms with Crippen LogP contribution in [0, 0.1) is 11.3 Å². The molecule has 1 aliphatic rings. The fraction of sp³-hybridized carbons (Fsp3) is 0.400. The molecule has 0 bridgehead atoms. The van der Waals surface area contributed by atoms with Gasteiger partial charge in [-0.1, -0.05) is 13.0 Å². The van der Waals surface area contributed by atoms with E-state index in [0.29, 0.717) is 5.92 Å². The molecule has 1 aromatic heterocycles. The molecule has 2 nitrogen and oxygen atoms in total. The van der Waals surface area contributed by atoms with E-state index >= 15 is 0 Å². The zero-order valence-corrected chi connectivity index (χ0v) is 6.99. The van der Waals surface area contributed by atoms with E-state index < -0.39 is 0 Å². The number of pyridine rings is 1. The van der Waals surface area contributed by atoms with Crippen LogP contribution in [-0.2, 0) is 0 Å². The summed E-state index contributed by atoms with van der Waals surface area (Å²) in [6, 6.07) is 6.30. The minimum atomic E-state index is 0.0243. The van der Waals surface area contributed by atoms with Crippen LogP contribution >= 0.6 is 0 Å². The topological polar surface area (TPSA) is 36.7 Å². The van der Waals surface area contributed by atoms with Gasteiger partial charge in [0.05, 0.1) is 17.7 Å². The first-order valence-electron chi connectivity index (χ1n) is 4.17. The Kier molecular flexibility index (Phi) is 1.58. The molecule has 1 aromatic rings. The van der Waals surface area contributed by atoms with Crippen molar-refractivity contribution in [2.24, 2.45) is 0 Å². The van der Waals surface area contributed by atoms with Crippen molar-refractivity contribution in [1.29, 1.82) is 5.26 Å². The Morgan fingerprint density at radius 1 is 1.67 bits per heavy atom. The van der Waals surface area contributed by atoms with Crippen molar-refractivity contribution in [1.82, 2.24) is 4.98 Å². The van der Waals surface area contributed by atoms with Crippen LogP contribution < -0.4 is 0 Å². The largest absolute Gasteiger partial charge is 0.260 e. The van der Waals surface area contributed by atoms with Crippen molar-refractivity contribution in [2.75, 3.05) is 0 Å². The molecule has 2 atom stereocenters. The molecule has 0 radical (unpaired) electrons. The third-order valence-electron chi connectivity index (χ3n) is 2.48. The minimum absolute atomic E-state index is 0.0243. The van der Waals surface area contributed by atoms with E-state index in [1.807, 2.05) is 6.07 Å². The van der Waals surface area contributed by atoms with Crippen LogP contribution in [0.4, 0.5) is 0 Å². The Morgan fingerprint density at radius 3 is 3.25 bits per heavy atom. The number of rotatable bonds is 0. The second kappa shape index (κ2) is 2.60. The average Bonchev–Trinajstić information content (AvgIpc) is 2.44. The standard InChI is InChI=1S/C10H10N2/c1-7-5-8(6-11)10-9(7)3-2-4-12-10/h2-4,7-8H,5H2,1H3/t7-,8-/m1/s1. The van der Waals surface area contributed by atoms with Crippen LogP contribution in [0.1, 0.15) is 36.4 Å². The summed E-state index contributed by atoms with van der Waals surface area (Å²) in [5.74, 6) is 0.523. The number of fused-ring (bicyclic) bond motifs is 1. The molecular formula is C10H10N2. The van der Waals surface area contributed by atoms with Gasteiger partial charge in [0.25, 0.3) is 0 Å². The summed E-state index contributed by atoms with van der Waals surface area (Å²) in [4.78, 5) is 4.24. The molecule has 0 saturated heterocycles. The maximum atomic E-state index is 8.84. The van der Waals surface area contributed by atoms with Crippen LogP contribution in [0.3, 0.4) is 0 Å². The lowest BCUT2D eigenvalue weighted by atomic mass is 10.1. The molecule has 0 aromatic carbocycles. The molecule has 0 saturated carbocycles. The van der Waals surface area contributed by atoms with Crippen molar-refractivity contribution >= 4 is 0 Å². The normalized spacial score (nSPS) is 26.3. The summed E-state index contributed by atoms with van der Waals surface area (Å²) < 4.78 is 0. The smallest absolute Gasteiger partial charge is 0.0893 e. The first-order valence-corrected chi connectivity index (χ1v) is 4.17. The highest BCUT2D eigenvalue weighted by Crippen LogP contribution is 2.39. The van der Waals surface area contributed by atoms with Crippen LogP contribution in [0.2, 0.25) is 0 Å². The highest BCUT2D eigenvalue weighted by molar-refractivity contribution is 5.35. The first-order chi connectivity index (χ1) is 5.83. The van der Waals surface area contributed by atoms with Crippen molar-refractivity contribution < 1.29 is 0 Å². The molecule has 0 aliphatic heterocycles. The van der Waals surface area contributed by atoms with E-state index in [1.54, 1.807) is 6.20 Å². The minimum Gasteiger partial charge on any atom is -0.260 e. The Morgan fingerprint density at radius 2 is 2.50 bits per heavy atom. The van der Waals surface area contributed by atoms with Gasteiger partial charge >= 0.3 is 0 Å². The van der Waals surface area contributed by atoms with E-state index in [1.165, 1.54) is 5.56 Å². The van der Waals surface area contributed by atoms with Crippen molar-refractivity contribution in [2.45, 2.75) is 25.2 Å². The second-order valence-electron chi connectivity index (χ2n) is 3.30. The Hall–Kier alpha value is -1.36. The Balaban J connectivity index is 2.52. The lowest BCUT2D eigenvalue weighted by molar-refractivity contribution is 0.702. The predicted molar refractivity (Wildman–Crippen MR) is 45.6 cm³/mol. The zero-order valence-electron chi connectivity index (χ0n) is 6.99. The highest BCUT2D eigenvalue weighted by Gasteiger charge is 2.28. The summed E-state index contributed by atoms with van der Waals surface area (Å²) in [6.07, 6.45) is 2.70. The molecular weight excluding hydrogens is 148 g/mol. The van der Waals surface area contributed by atoms with Gasteiger partial charge in [-0.25, -0.2) is 0 Å². The van der Waals surface area contributed by atoms with Gasteiger partial charge in [0.2, 0.25) is 0 Å². The molecule has 2 rings (SSSR count). The molecule has 0 fully saturated rings. The monoisotopic (exact) mass is 158 g/mol. The molecule has 0 spiro atoms.